The molecule has 1 N–H and O–H groups in total. The smallest absolute Gasteiger partial charge is 0.410 e. The summed E-state index contributed by atoms with van der Waals surface area (Å²) in [6, 6.07) is 5.17. The molecule has 3 fully saturated rings. The molecule has 3 unspecified atom stereocenters. The van der Waals surface area contributed by atoms with Gasteiger partial charge in [0.2, 0.25) is 11.8 Å². The van der Waals surface area contributed by atoms with E-state index in [1.54, 1.807) is 16.5 Å². The van der Waals surface area contributed by atoms with E-state index in [1.165, 1.54) is 4.57 Å². The van der Waals surface area contributed by atoms with Crippen molar-refractivity contribution in [3.63, 3.8) is 0 Å². The van der Waals surface area contributed by atoms with Crippen molar-refractivity contribution in [1.82, 2.24) is 19.4 Å². The highest BCUT2D eigenvalue weighted by Crippen LogP contribution is 2.38. The van der Waals surface area contributed by atoms with Crippen molar-refractivity contribution in [2.75, 3.05) is 18.0 Å². The largest absolute Gasteiger partial charge is 0.444 e. The van der Waals surface area contributed by atoms with Crippen molar-refractivity contribution < 1.29 is 19.1 Å². The maximum atomic E-state index is 13.2. The average Bonchev–Trinajstić information content (AvgIpc) is 3.40. The number of rotatable bonds is 2. The minimum absolute atomic E-state index is 0.0503. The Labute approximate surface area is 191 Å². The van der Waals surface area contributed by atoms with Crippen LogP contribution in [0.5, 0.6) is 0 Å². The molecule has 10 heteroatoms. The zero-order valence-corrected chi connectivity index (χ0v) is 19.3. The van der Waals surface area contributed by atoms with E-state index >= 15 is 0 Å². The number of hydrogen-bond donors (Lipinski definition) is 1. The van der Waals surface area contributed by atoms with Gasteiger partial charge in [-0.25, -0.2) is 9.59 Å². The van der Waals surface area contributed by atoms with Gasteiger partial charge in [-0.15, -0.1) is 0 Å². The molecule has 0 saturated carbocycles. The molecule has 3 aliphatic rings. The van der Waals surface area contributed by atoms with Gasteiger partial charge >= 0.3 is 11.8 Å². The second-order valence-corrected chi connectivity index (χ2v) is 10.2. The predicted octanol–water partition coefficient (Wildman–Crippen LogP) is 1.52. The number of likely N-dealkylation sites (tertiary alicyclic amines) is 1. The Balaban J connectivity index is 1.47. The molecule has 3 amide bonds. The molecule has 0 radical (unpaired) electrons. The first-order chi connectivity index (χ1) is 15.5. The third-order valence-corrected chi connectivity index (χ3v) is 6.78. The monoisotopic (exact) mass is 455 g/mol. The summed E-state index contributed by atoms with van der Waals surface area (Å²) < 4.78 is 8.64. The molecule has 1 aromatic carbocycles. The molecule has 0 aliphatic carbocycles. The molecule has 1 aromatic heterocycles. The first-order valence-electron chi connectivity index (χ1n) is 11.3. The minimum atomic E-state index is -0.716. The number of piperazine rings is 1. The van der Waals surface area contributed by atoms with Crippen molar-refractivity contribution >= 4 is 34.6 Å². The van der Waals surface area contributed by atoms with Crippen molar-refractivity contribution in [1.29, 1.82) is 0 Å². The van der Waals surface area contributed by atoms with E-state index in [-0.39, 0.29) is 36.2 Å². The first-order valence-corrected chi connectivity index (χ1v) is 11.3. The van der Waals surface area contributed by atoms with E-state index in [1.807, 2.05) is 39.0 Å². The third kappa shape index (κ3) is 3.48. The summed E-state index contributed by atoms with van der Waals surface area (Å²) in [7, 11) is 1.71. The van der Waals surface area contributed by atoms with Gasteiger partial charge in [0, 0.05) is 32.6 Å². The van der Waals surface area contributed by atoms with E-state index in [4.69, 9.17) is 4.74 Å². The average molecular weight is 456 g/mol. The number of fused-ring (bicyclic) bond motifs is 3. The van der Waals surface area contributed by atoms with E-state index in [2.05, 4.69) is 10.2 Å². The lowest BCUT2D eigenvalue weighted by molar-refractivity contribution is -0.135. The van der Waals surface area contributed by atoms with E-state index in [9.17, 15) is 19.2 Å². The van der Waals surface area contributed by atoms with Crippen LogP contribution < -0.4 is 15.9 Å². The van der Waals surface area contributed by atoms with Crippen molar-refractivity contribution in [2.24, 2.45) is 7.05 Å². The lowest BCUT2D eigenvalue weighted by atomic mass is 10.1. The second-order valence-electron chi connectivity index (χ2n) is 10.2. The van der Waals surface area contributed by atoms with Gasteiger partial charge in [-0.1, -0.05) is 6.07 Å². The quantitative estimate of drug-likeness (QED) is 0.689. The van der Waals surface area contributed by atoms with Crippen molar-refractivity contribution in [3.8, 4) is 0 Å². The fourth-order valence-corrected chi connectivity index (χ4v) is 5.39. The van der Waals surface area contributed by atoms with Gasteiger partial charge in [0.1, 0.15) is 11.6 Å². The number of piperidine rings is 1. The van der Waals surface area contributed by atoms with Gasteiger partial charge in [-0.2, -0.15) is 0 Å². The Morgan fingerprint density at radius 2 is 1.88 bits per heavy atom. The SMILES string of the molecule is Cn1c(=O)n(C2CCC(=O)NC2=O)c2cccc(N3CC4CC3CN4C(=O)OC(C)(C)C)c21. The highest BCUT2D eigenvalue weighted by Gasteiger charge is 2.47. The number of nitrogens with zero attached hydrogens (tertiary/aromatic N) is 4. The molecule has 2 aromatic rings. The van der Waals surface area contributed by atoms with Gasteiger partial charge < -0.3 is 14.5 Å². The topological polar surface area (TPSA) is 106 Å². The molecule has 3 atom stereocenters. The molecule has 10 nitrogen and oxygen atoms in total. The number of imide groups is 1. The highest BCUT2D eigenvalue weighted by molar-refractivity contribution is 6.00. The minimum Gasteiger partial charge on any atom is -0.444 e. The van der Waals surface area contributed by atoms with Gasteiger partial charge in [0.25, 0.3) is 0 Å². The molecule has 3 saturated heterocycles. The summed E-state index contributed by atoms with van der Waals surface area (Å²) in [5.74, 6) is -0.757. The zero-order valence-electron chi connectivity index (χ0n) is 19.3. The Morgan fingerprint density at radius 3 is 2.52 bits per heavy atom. The zero-order chi connectivity index (χ0) is 23.7. The number of nitrogens with one attached hydrogen (secondary N) is 1. The number of para-hydroxylation sites is 1. The predicted molar refractivity (Wildman–Crippen MR) is 121 cm³/mol. The Kier molecular flexibility index (Phi) is 4.80. The Hall–Kier alpha value is -3.30. The van der Waals surface area contributed by atoms with E-state index in [0.29, 0.717) is 25.0 Å². The number of aromatic nitrogens is 2. The summed E-state index contributed by atoms with van der Waals surface area (Å²) in [6.07, 6.45) is 1.06. The highest BCUT2D eigenvalue weighted by atomic mass is 16.6. The number of carbonyl (C=O) groups excluding carboxylic acids is 3. The number of hydrogen-bond acceptors (Lipinski definition) is 6. The van der Waals surface area contributed by atoms with Crippen LogP contribution >= 0.6 is 0 Å². The fourth-order valence-electron chi connectivity index (χ4n) is 5.39. The van der Waals surface area contributed by atoms with Crippen LogP contribution in [0.1, 0.15) is 46.1 Å². The van der Waals surface area contributed by atoms with Gasteiger partial charge in [-0.05, 0) is 45.7 Å². The molecular weight excluding hydrogens is 426 g/mol. The van der Waals surface area contributed by atoms with E-state index in [0.717, 1.165) is 17.6 Å². The number of ether oxygens (including phenoxy) is 1. The maximum absolute atomic E-state index is 13.2. The Morgan fingerprint density at radius 1 is 1.12 bits per heavy atom. The number of benzene rings is 1. The molecular formula is C23H29N5O5. The molecule has 176 valence electrons. The number of anilines is 1. The van der Waals surface area contributed by atoms with Crippen LogP contribution in [0.4, 0.5) is 10.5 Å². The maximum Gasteiger partial charge on any atom is 0.410 e. The summed E-state index contributed by atoms with van der Waals surface area (Å²) in [6.45, 7) is 6.80. The summed E-state index contributed by atoms with van der Waals surface area (Å²) in [4.78, 5) is 53.9. The first kappa shape index (κ1) is 21.5. The van der Waals surface area contributed by atoms with Crippen molar-refractivity contribution in [3.05, 3.63) is 28.7 Å². The number of aryl methyl sites for hydroxylation is 1. The van der Waals surface area contributed by atoms with E-state index < -0.39 is 17.6 Å². The second kappa shape index (κ2) is 7.36. The summed E-state index contributed by atoms with van der Waals surface area (Å²) in [5.41, 5.74) is 1.51. The Bertz CT molecular complexity index is 1220. The van der Waals surface area contributed by atoms with Crippen LogP contribution in [-0.2, 0) is 21.4 Å². The molecule has 2 bridgehead atoms. The van der Waals surface area contributed by atoms with Crippen LogP contribution in [0, 0.1) is 0 Å². The van der Waals surface area contributed by atoms with Crippen LogP contribution in [0.2, 0.25) is 0 Å². The van der Waals surface area contributed by atoms with Crippen molar-refractivity contribution in [2.45, 2.75) is 63.8 Å². The van der Waals surface area contributed by atoms with Crippen LogP contribution in [0.25, 0.3) is 11.0 Å². The fraction of sp³-hybridized carbons (Fsp3) is 0.565. The van der Waals surface area contributed by atoms with Gasteiger partial charge in [0.05, 0.1) is 22.8 Å². The third-order valence-electron chi connectivity index (χ3n) is 6.78. The van der Waals surface area contributed by atoms with Crippen LogP contribution in [0.15, 0.2) is 23.0 Å². The number of amides is 3. The lowest BCUT2D eigenvalue weighted by Gasteiger charge is -2.36. The molecule has 5 rings (SSSR count). The van der Waals surface area contributed by atoms with Gasteiger partial charge in [-0.3, -0.25) is 24.0 Å². The molecule has 3 aliphatic heterocycles. The number of imidazole rings is 1. The van der Waals surface area contributed by atoms with Crippen LogP contribution in [-0.4, -0.2) is 62.7 Å². The summed E-state index contributed by atoms with van der Waals surface area (Å²) >= 11 is 0. The molecule has 0 spiro atoms. The number of carbonyl (C=O) groups is 3. The summed E-state index contributed by atoms with van der Waals surface area (Å²) in [5, 5.41) is 2.35. The normalized spacial score (nSPS) is 25.2. The molecule has 4 heterocycles. The van der Waals surface area contributed by atoms with Crippen LogP contribution in [0.3, 0.4) is 0 Å². The standard InChI is InChI=1S/C23H29N5O5/c1-23(2,3)33-22(32)27-12-13-10-14(27)11-26(13)15-6-5-7-16-19(15)25(4)21(31)28(16)17-8-9-18(29)24-20(17)30/h5-7,13-14,17H,8-12H2,1-4H3,(H,24,29,30). The molecule has 33 heavy (non-hydrogen) atoms. The van der Waals surface area contributed by atoms with Gasteiger partial charge in [0.15, 0.2) is 0 Å². The lowest BCUT2D eigenvalue weighted by Crippen LogP contribution is -2.50.